The van der Waals surface area contributed by atoms with Crippen LogP contribution in [0.2, 0.25) is 0 Å². The summed E-state index contributed by atoms with van der Waals surface area (Å²) in [4.78, 5) is 10.0. The molecular formula is C11H13N3O2. The summed E-state index contributed by atoms with van der Waals surface area (Å²) in [5, 5.41) is 8.87. The Morgan fingerprint density at radius 1 is 1.50 bits per heavy atom. The predicted octanol–water partition coefficient (Wildman–Crippen LogP) is 1.20. The lowest BCUT2D eigenvalue weighted by Gasteiger charge is -2.13. The predicted molar refractivity (Wildman–Crippen MR) is 58.8 cm³/mol. The van der Waals surface area contributed by atoms with Gasteiger partial charge in [-0.15, -0.1) is 0 Å². The molecule has 5 heteroatoms. The van der Waals surface area contributed by atoms with Gasteiger partial charge in [-0.05, 0) is 11.6 Å². The minimum Gasteiger partial charge on any atom is -0.432 e. The van der Waals surface area contributed by atoms with Crippen LogP contribution in [0.5, 0.6) is 0 Å². The molecule has 84 valence electrons. The number of hydrogen-bond donors (Lipinski definition) is 1. The standard InChI is InChI=1S/C11H13N3O2/c1-14(6-9-3-2-4-12-5-9)11-13-10(7-15)8-16-11/h2-5,8,15H,6-7H2,1H3. The van der Waals surface area contributed by atoms with Crippen molar-refractivity contribution >= 4 is 6.01 Å². The molecule has 0 aromatic carbocycles. The van der Waals surface area contributed by atoms with E-state index in [4.69, 9.17) is 9.52 Å². The van der Waals surface area contributed by atoms with Crippen molar-refractivity contribution in [2.45, 2.75) is 13.2 Å². The average Bonchev–Trinajstić information content (AvgIpc) is 2.79. The second kappa shape index (κ2) is 4.76. The first-order valence-electron chi connectivity index (χ1n) is 4.95. The van der Waals surface area contributed by atoms with Crippen LogP contribution in [-0.2, 0) is 13.2 Å². The van der Waals surface area contributed by atoms with Crippen LogP contribution in [0.3, 0.4) is 0 Å². The molecule has 0 aliphatic rings. The van der Waals surface area contributed by atoms with Gasteiger partial charge in [0.2, 0.25) is 0 Å². The molecule has 0 amide bonds. The molecule has 0 aliphatic carbocycles. The number of oxazole rings is 1. The number of anilines is 1. The third-order valence-electron chi connectivity index (χ3n) is 2.17. The number of nitrogens with zero attached hydrogens (tertiary/aromatic N) is 3. The van der Waals surface area contributed by atoms with E-state index in [9.17, 15) is 0 Å². The molecule has 2 aromatic heterocycles. The highest BCUT2D eigenvalue weighted by Gasteiger charge is 2.08. The molecule has 0 saturated heterocycles. The van der Waals surface area contributed by atoms with Gasteiger partial charge >= 0.3 is 0 Å². The first-order valence-corrected chi connectivity index (χ1v) is 4.95. The first kappa shape index (κ1) is 10.6. The van der Waals surface area contributed by atoms with E-state index in [1.807, 2.05) is 24.1 Å². The van der Waals surface area contributed by atoms with Crippen LogP contribution in [0.25, 0.3) is 0 Å². The Morgan fingerprint density at radius 2 is 2.38 bits per heavy atom. The monoisotopic (exact) mass is 219 g/mol. The molecule has 16 heavy (non-hydrogen) atoms. The second-order valence-corrected chi connectivity index (χ2v) is 3.50. The molecule has 0 saturated carbocycles. The van der Waals surface area contributed by atoms with Crippen LogP contribution in [-0.4, -0.2) is 22.1 Å². The van der Waals surface area contributed by atoms with Crippen molar-refractivity contribution in [3.05, 3.63) is 42.0 Å². The van der Waals surface area contributed by atoms with Gasteiger partial charge in [0.05, 0.1) is 6.61 Å². The fourth-order valence-corrected chi connectivity index (χ4v) is 1.38. The molecule has 1 N–H and O–H groups in total. The van der Waals surface area contributed by atoms with E-state index in [-0.39, 0.29) is 6.61 Å². The Kier molecular flexibility index (Phi) is 3.16. The highest BCUT2D eigenvalue weighted by Crippen LogP contribution is 2.14. The van der Waals surface area contributed by atoms with Crippen LogP contribution >= 0.6 is 0 Å². The van der Waals surface area contributed by atoms with Gasteiger partial charge < -0.3 is 14.4 Å². The van der Waals surface area contributed by atoms with Crippen molar-refractivity contribution in [3.8, 4) is 0 Å². The van der Waals surface area contributed by atoms with Gasteiger partial charge in [0, 0.05) is 26.0 Å². The SMILES string of the molecule is CN(Cc1cccnc1)c1nc(CO)co1. The maximum atomic E-state index is 8.87. The van der Waals surface area contributed by atoms with Gasteiger partial charge in [-0.2, -0.15) is 4.98 Å². The van der Waals surface area contributed by atoms with Gasteiger partial charge in [0.25, 0.3) is 6.01 Å². The van der Waals surface area contributed by atoms with Crippen LogP contribution in [0.15, 0.2) is 35.2 Å². The molecule has 5 nitrogen and oxygen atoms in total. The molecular weight excluding hydrogens is 206 g/mol. The Labute approximate surface area is 93.4 Å². The quantitative estimate of drug-likeness (QED) is 0.837. The molecule has 0 spiro atoms. The lowest BCUT2D eigenvalue weighted by atomic mass is 10.3. The summed E-state index contributed by atoms with van der Waals surface area (Å²) in [5.74, 6) is 0. The molecule has 0 fully saturated rings. The van der Waals surface area contributed by atoms with Crippen molar-refractivity contribution in [2.24, 2.45) is 0 Å². The molecule has 2 rings (SSSR count). The van der Waals surface area contributed by atoms with E-state index in [1.54, 1.807) is 12.4 Å². The third-order valence-corrected chi connectivity index (χ3v) is 2.17. The summed E-state index contributed by atoms with van der Waals surface area (Å²) in [7, 11) is 1.87. The fourth-order valence-electron chi connectivity index (χ4n) is 1.38. The van der Waals surface area contributed by atoms with E-state index in [0.717, 1.165) is 5.56 Å². The van der Waals surface area contributed by atoms with Gasteiger partial charge in [-0.25, -0.2) is 0 Å². The second-order valence-electron chi connectivity index (χ2n) is 3.50. The van der Waals surface area contributed by atoms with Crippen LogP contribution < -0.4 is 4.90 Å². The number of pyridine rings is 1. The van der Waals surface area contributed by atoms with Crippen molar-refractivity contribution in [1.29, 1.82) is 0 Å². The zero-order chi connectivity index (χ0) is 11.4. The zero-order valence-electron chi connectivity index (χ0n) is 9.00. The van der Waals surface area contributed by atoms with E-state index in [2.05, 4.69) is 9.97 Å². The van der Waals surface area contributed by atoms with Gasteiger partial charge in [-0.3, -0.25) is 4.98 Å². The van der Waals surface area contributed by atoms with Crippen molar-refractivity contribution in [2.75, 3.05) is 11.9 Å². The van der Waals surface area contributed by atoms with E-state index >= 15 is 0 Å². The molecule has 0 radical (unpaired) electrons. The highest BCUT2D eigenvalue weighted by atomic mass is 16.4. The minimum absolute atomic E-state index is 0.107. The number of rotatable bonds is 4. The Balaban J connectivity index is 2.05. The van der Waals surface area contributed by atoms with Crippen LogP contribution in [0.1, 0.15) is 11.3 Å². The maximum absolute atomic E-state index is 8.87. The lowest BCUT2D eigenvalue weighted by Crippen LogP contribution is -2.16. The molecule has 0 bridgehead atoms. The Hall–Kier alpha value is -1.88. The highest BCUT2D eigenvalue weighted by molar-refractivity contribution is 5.27. The maximum Gasteiger partial charge on any atom is 0.297 e. The van der Waals surface area contributed by atoms with Gasteiger partial charge in [-0.1, -0.05) is 6.07 Å². The molecule has 0 unspecified atom stereocenters. The first-order chi connectivity index (χ1) is 7.79. The summed E-state index contributed by atoms with van der Waals surface area (Å²) in [6.07, 6.45) is 4.99. The molecule has 0 atom stereocenters. The minimum atomic E-state index is -0.107. The smallest absolute Gasteiger partial charge is 0.297 e. The largest absolute Gasteiger partial charge is 0.432 e. The summed E-state index contributed by atoms with van der Waals surface area (Å²) < 4.78 is 5.22. The summed E-state index contributed by atoms with van der Waals surface area (Å²) in [6, 6.07) is 4.37. The van der Waals surface area contributed by atoms with Crippen molar-refractivity contribution in [1.82, 2.24) is 9.97 Å². The van der Waals surface area contributed by atoms with E-state index in [0.29, 0.717) is 18.3 Å². The van der Waals surface area contributed by atoms with Crippen LogP contribution in [0.4, 0.5) is 6.01 Å². The lowest BCUT2D eigenvalue weighted by molar-refractivity contribution is 0.276. The number of hydrogen-bond acceptors (Lipinski definition) is 5. The van der Waals surface area contributed by atoms with Crippen LogP contribution in [0, 0.1) is 0 Å². The van der Waals surface area contributed by atoms with Crippen molar-refractivity contribution < 1.29 is 9.52 Å². The molecule has 0 aliphatic heterocycles. The summed E-state index contributed by atoms with van der Waals surface area (Å²) in [5.41, 5.74) is 1.61. The average molecular weight is 219 g/mol. The number of aliphatic hydroxyl groups is 1. The normalized spacial score (nSPS) is 10.4. The number of aromatic nitrogens is 2. The topological polar surface area (TPSA) is 62.4 Å². The number of aliphatic hydroxyl groups excluding tert-OH is 1. The Bertz CT molecular complexity index is 442. The summed E-state index contributed by atoms with van der Waals surface area (Å²) in [6.45, 7) is 0.559. The zero-order valence-corrected chi connectivity index (χ0v) is 9.00. The Morgan fingerprint density at radius 3 is 3.00 bits per heavy atom. The molecule has 2 aromatic rings. The fraction of sp³-hybridized carbons (Fsp3) is 0.273. The summed E-state index contributed by atoms with van der Waals surface area (Å²) >= 11 is 0. The van der Waals surface area contributed by atoms with Crippen molar-refractivity contribution in [3.63, 3.8) is 0 Å². The molecule has 2 heterocycles. The van der Waals surface area contributed by atoms with Gasteiger partial charge in [0.1, 0.15) is 12.0 Å². The van der Waals surface area contributed by atoms with E-state index in [1.165, 1.54) is 6.26 Å². The van der Waals surface area contributed by atoms with E-state index < -0.39 is 0 Å². The van der Waals surface area contributed by atoms with Gasteiger partial charge in [0.15, 0.2) is 0 Å². The third kappa shape index (κ3) is 2.38.